The summed E-state index contributed by atoms with van der Waals surface area (Å²) in [5.41, 5.74) is 0.496. The van der Waals surface area contributed by atoms with Crippen LogP contribution in [0.5, 0.6) is 0 Å². The lowest BCUT2D eigenvalue weighted by atomic mass is 10.2. The van der Waals surface area contributed by atoms with E-state index in [-0.39, 0.29) is 35.8 Å². The van der Waals surface area contributed by atoms with Gasteiger partial charge in [0, 0.05) is 18.2 Å². The highest BCUT2D eigenvalue weighted by atomic mass is 32.2. The third-order valence-electron chi connectivity index (χ3n) is 3.06. The normalized spacial score (nSPS) is 14.1. The first-order valence-corrected chi connectivity index (χ1v) is 7.56. The molecule has 0 heterocycles. The molecule has 1 aromatic carbocycles. The number of halogens is 1. The van der Waals surface area contributed by atoms with Gasteiger partial charge in [0.25, 0.3) is 0 Å². The molecule has 108 valence electrons. The first-order chi connectivity index (χ1) is 9.58. The molecule has 4 nitrogen and oxygen atoms in total. The number of hydrogen-bond acceptors (Lipinski definition) is 3. The van der Waals surface area contributed by atoms with Crippen LogP contribution in [0.2, 0.25) is 0 Å². The summed E-state index contributed by atoms with van der Waals surface area (Å²) in [6.07, 6.45) is 1.87. The zero-order valence-corrected chi connectivity index (χ0v) is 11.7. The summed E-state index contributed by atoms with van der Waals surface area (Å²) < 4.78 is 13.6. The molecular weight excluding hydrogens is 281 g/mol. The van der Waals surface area contributed by atoms with Crippen LogP contribution in [0.25, 0.3) is 0 Å². The van der Waals surface area contributed by atoms with Gasteiger partial charge in [-0.2, -0.15) is 0 Å². The Labute approximate surface area is 121 Å². The maximum Gasteiger partial charge on any atom is 0.313 e. The molecule has 1 fully saturated rings. The van der Waals surface area contributed by atoms with Crippen LogP contribution in [0, 0.1) is 5.82 Å². The van der Waals surface area contributed by atoms with Gasteiger partial charge in [-0.25, -0.2) is 4.39 Å². The standard InChI is InChI=1S/C14H16FNO3S/c15-12-4-2-1-3-10(12)7-16(11-5-6-11)13(17)8-20-9-14(18)19/h1-4,11H,5-9H2,(H,18,19). The molecular formula is C14H16FNO3S. The van der Waals surface area contributed by atoms with E-state index in [1.807, 2.05) is 0 Å². The minimum Gasteiger partial charge on any atom is -0.481 e. The van der Waals surface area contributed by atoms with E-state index in [1.165, 1.54) is 6.07 Å². The Bertz CT molecular complexity index is 505. The highest BCUT2D eigenvalue weighted by Crippen LogP contribution is 2.29. The van der Waals surface area contributed by atoms with Crippen molar-refractivity contribution in [3.63, 3.8) is 0 Å². The molecule has 1 aliphatic carbocycles. The van der Waals surface area contributed by atoms with Gasteiger partial charge in [-0.15, -0.1) is 11.8 Å². The zero-order chi connectivity index (χ0) is 14.5. The molecule has 0 unspecified atom stereocenters. The van der Waals surface area contributed by atoms with Crippen LogP contribution in [0.3, 0.4) is 0 Å². The summed E-state index contributed by atoms with van der Waals surface area (Å²) in [6.45, 7) is 0.254. The zero-order valence-electron chi connectivity index (χ0n) is 10.9. The van der Waals surface area contributed by atoms with Crippen molar-refractivity contribution in [3.8, 4) is 0 Å². The van der Waals surface area contributed by atoms with Crippen molar-refractivity contribution >= 4 is 23.6 Å². The molecule has 0 spiro atoms. The summed E-state index contributed by atoms with van der Waals surface area (Å²) in [6, 6.07) is 6.58. The number of carboxylic acids is 1. The third kappa shape index (κ3) is 4.23. The van der Waals surface area contributed by atoms with Gasteiger partial charge in [-0.3, -0.25) is 9.59 Å². The molecule has 1 saturated carbocycles. The highest BCUT2D eigenvalue weighted by Gasteiger charge is 2.32. The summed E-state index contributed by atoms with van der Waals surface area (Å²) >= 11 is 1.07. The Kier molecular flexibility index (Phi) is 5.00. The molecule has 0 bridgehead atoms. The largest absolute Gasteiger partial charge is 0.481 e. The molecule has 20 heavy (non-hydrogen) atoms. The number of nitrogens with zero attached hydrogens (tertiary/aromatic N) is 1. The van der Waals surface area contributed by atoms with Crippen LogP contribution >= 0.6 is 11.8 Å². The van der Waals surface area contributed by atoms with Crippen molar-refractivity contribution in [2.75, 3.05) is 11.5 Å². The second kappa shape index (κ2) is 6.74. The van der Waals surface area contributed by atoms with Crippen molar-refractivity contribution in [2.45, 2.75) is 25.4 Å². The Balaban J connectivity index is 1.95. The lowest BCUT2D eigenvalue weighted by Gasteiger charge is -2.22. The maximum atomic E-state index is 13.6. The maximum absolute atomic E-state index is 13.6. The van der Waals surface area contributed by atoms with Crippen LogP contribution in [0.4, 0.5) is 4.39 Å². The van der Waals surface area contributed by atoms with Crippen LogP contribution in [0.15, 0.2) is 24.3 Å². The van der Waals surface area contributed by atoms with E-state index in [0.29, 0.717) is 5.56 Å². The number of carbonyl (C=O) groups is 2. The fourth-order valence-corrected chi connectivity index (χ4v) is 2.54. The van der Waals surface area contributed by atoms with E-state index in [0.717, 1.165) is 24.6 Å². The topological polar surface area (TPSA) is 57.6 Å². The van der Waals surface area contributed by atoms with E-state index >= 15 is 0 Å². The molecule has 6 heteroatoms. The molecule has 1 amide bonds. The molecule has 1 aromatic rings. The van der Waals surface area contributed by atoms with E-state index in [1.54, 1.807) is 23.1 Å². The molecule has 0 aliphatic heterocycles. The number of amides is 1. The number of carbonyl (C=O) groups excluding carboxylic acids is 1. The Morgan fingerprint density at radius 2 is 2.00 bits per heavy atom. The second-order valence-electron chi connectivity index (χ2n) is 4.73. The van der Waals surface area contributed by atoms with Crippen LogP contribution in [0.1, 0.15) is 18.4 Å². The summed E-state index contributed by atoms with van der Waals surface area (Å²) in [4.78, 5) is 24.2. The number of thioether (sulfide) groups is 1. The average molecular weight is 297 g/mol. The van der Waals surface area contributed by atoms with E-state index < -0.39 is 5.97 Å². The Morgan fingerprint density at radius 1 is 1.30 bits per heavy atom. The van der Waals surface area contributed by atoms with Gasteiger partial charge in [0.1, 0.15) is 5.82 Å². The highest BCUT2D eigenvalue weighted by molar-refractivity contribution is 8.00. The predicted molar refractivity (Wildman–Crippen MR) is 74.9 cm³/mol. The van der Waals surface area contributed by atoms with Crippen molar-refractivity contribution < 1.29 is 19.1 Å². The minimum atomic E-state index is -0.935. The van der Waals surface area contributed by atoms with E-state index in [2.05, 4.69) is 0 Å². The average Bonchev–Trinajstić information content (AvgIpc) is 3.21. The van der Waals surface area contributed by atoms with Gasteiger partial charge in [0.05, 0.1) is 11.5 Å². The molecule has 0 atom stereocenters. The van der Waals surface area contributed by atoms with Crippen LogP contribution in [-0.2, 0) is 16.1 Å². The predicted octanol–water partition coefficient (Wildman–Crippen LogP) is 2.13. The monoisotopic (exact) mass is 297 g/mol. The fourth-order valence-electron chi connectivity index (χ4n) is 1.93. The van der Waals surface area contributed by atoms with Crippen molar-refractivity contribution in [2.24, 2.45) is 0 Å². The summed E-state index contributed by atoms with van der Waals surface area (Å²) in [5, 5.41) is 8.56. The first-order valence-electron chi connectivity index (χ1n) is 6.40. The van der Waals surface area contributed by atoms with Gasteiger partial charge < -0.3 is 10.0 Å². The number of rotatable bonds is 7. The molecule has 0 saturated heterocycles. The quantitative estimate of drug-likeness (QED) is 0.837. The molecule has 0 aromatic heterocycles. The van der Waals surface area contributed by atoms with Gasteiger partial charge >= 0.3 is 5.97 Å². The first kappa shape index (κ1) is 14.8. The van der Waals surface area contributed by atoms with Gasteiger partial charge in [-0.1, -0.05) is 18.2 Å². The van der Waals surface area contributed by atoms with Crippen molar-refractivity contribution in [1.29, 1.82) is 0 Å². The van der Waals surface area contributed by atoms with Gasteiger partial charge in [-0.05, 0) is 18.9 Å². The van der Waals surface area contributed by atoms with Crippen LogP contribution in [-0.4, -0.2) is 39.4 Å². The van der Waals surface area contributed by atoms with E-state index in [4.69, 9.17) is 5.11 Å². The number of hydrogen-bond donors (Lipinski definition) is 1. The lowest BCUT2D eigenvalue weighted by molar-refractivity contribution is -0.133. The van der Waals surface area contributed by atoms with Crippen molar-refractivity contribution in [1.82, 2.24) is 4.90 Å². The molecule has 2 rings (SSSR count). The minimum absolute atomic E-state index is 0.0933. The molecule has 1 aliphatic rings. The lowest BCUT2D eigenvalue weighted by Crippen LogP contribution is -2.34. The number of aliphatic carboxylic acids is 1. The van der Waals surface area contributed by atoms with Gasteiger partial charge in [0.15, 0.2) is 0 Å². The summed E-state index contributed by atoms with van der Waals surface area (Å²) in [5.74, 6) is -1.35. The number of carboxylic acid groups (broad SMARTS) is 1. The fraction of sp³-hybridized carbons (Fsp3) is 0.429. The van der Waals surface area contributed by atoms with E-state index in [9.17, 15) is 14.0 Å². The smallest absolute Gasteiger partial charge is 0.313 e. The third-order valence-corrected chi connectivity index (χ3v) is 3.96. The molecule has 0 radical (unpaired) electrons. The second-order valence-corrected chi connectivity index (χ2v) is 5.72. The summed E-state index contributed by atoms with van der Waals surface area (Å²) in [7, 11) is 0. The number of benzene rings is 1. The Morgan fingerprint density at radius 3 is 2.60 bits per heavy atom. The Hall–Kier alpha value is -1.56. The van der Waals surface area contributed by atoms with Crippen molar-refractivity contribution in [3.05, 3.63) is 35.6 Å². The van der Waals surface area contributed by atoms with Crippen LogP contribution < -0.4 is 0 Å². The SMILES string of the molecule is O=C(O)CSCC(=O)N(Cc1ccccc1F)C1CC1. The van der Waals surface area contributed by atoms with Gasteiger partial charge in [0.2, 0.25) is 5.91 Å². The molecule has 1 N–H and O–H groups in total.